The normalized spacial score (nSPS) is 31.5. The molecule has 2 aliphatic carbocycles. The van der Waals surface area contributed by atoms with E-state index >= 15 is 0 Å². The summed E-state index contributed by atoms with van der Waals surface area (Å²) in [5, 5.41) is 3.80. The zero-order valence-corrected chi connectivity index (χ0v) is 19.5. The lowest BCUT2D eigenvalue weighted by molar-refractivity contribution is -0.171. The van der Waals surface area contributed by atoms with Crippen molar-refractivity contribution in [3.05, 3.63) is 0 Å². The van der Waals surface area contributed by atoms with Gasteiger partial charge in [0.15, 0.2) is 5.96 Å². The van der Waals surface area contributed by atoms with Crippen LogP contribution in [-0.2, 0) is 19.5 Å². The third-order valence-electron chi connectivity index (χ3n) is 7.35. The van der Waals surface area contributed by atoms with Gasteiger partial charge in [-0.3, -0.25) is 4.99 Å². The van der Waals surface area contributed by atoms with Gasteiger partial charge in [0.1, 0.15) is 0 Å². The minimum absolute atomic E-state index is 0.0475. The molecule has 0 aromatic rings. The fourth-order valence-corrected chi connectivity index (χ4v) is 6.96. The Labute approximate surface area is 181 Å². The first kappa shape index (κ1) is 22.3. The van der Waals surface area contributed by atoms with E-state index in [0.717, 1.165) is 25.5 Å². The molecule has 0 aromatic heterocycles. The van der Waals surface area contributed by atoms with E-state index in [0.29, 0.717) is 49.7 Å². The molecule has 2 saturated heterocycles. The Hall–Kier alpha value is -0.900. The maximum Gasteiger partial charge on any atom is 0.216 e. The van der Waals surface area contributed by atoms with Crippen LogP contribution in [0.25, 0.3) is 0 Å². The predicted octanol–water partition coefficient (Wildman–Crippen LogP) is 1.28. The summed E-state index contributed by atoms with van der Waals surface area (Å²) < 4.78 is 38.3. The predicted molar refractivity (Wildman–Crippen MR) is 117 cm³/mol. The molecular weight excluding hydrogens is 404 g/mol. The van der Waals surface area contributed by atoms with E-state index in [4.69, 9.17) is 14.5 Å². The number of guanidine groups is 1. The molecule has 9 heteroatoms. The maximum atomic E-state index is 12.6. The Morgan fingerprint density at radius 2 is 2.00 bits per heavy atom. The van der Waals surface area contributed by atoms with Crippen LogP contribution in [0.4, 0.5) is 0 Å². The van der Waals surface area contributed by atoms with E-state index in [1.54, 1.807) is 4.31 Å². The summed E-state index contributed by atoms with van der Waals surface area (Å²) >= 11 is 0. The van der Waals surface area contributed by atoms with Gasteiger partial charge in [0.25, 0.3) is 0 Å². The summed E-state index contributed by atoms with van der Waals surface area (Å²) in [5.74, 6) is 1.58. The van der Waals surface area contributed by atoms with E-state index in [1.165, 1.54) is 19.3 Å². The molecule has 0 radical (unpaired) electrons. The number of aliphatic imine (C=N–C) groups is 1. The van der Waals surface area contributed by atoms with Crippen LogP contribution in [0.5, 0.6) is 0 Å². The number of rotatable bonds is 7. The fraction of sp³-hybridized carbons (Fsp3) is 0.952. The molecule has 4 aliphatic rings. The lowest BCUT2D eigenvalue weighted by Crippen LogP contribution is -2.73. The number of hydrogen-bond acceptors (Lipinski definition) is 5. The molecular formula is C21H38N4O4S. The Morgan fingerprint density at radius 1 is 1.27 bits per heavy atom. The number of piperazine rings is 1. The quantitative estimate of drug-likeness (QED) is 0.472. The van der Waals surface area contributed by atoms with E-state index in [9.17, 15) is 8.42 Å². The molecule has 2 heterocycles. The van der Waals surface area contributed by atoms with Gasteiger partial charge in [-0.1, -0.05) is 6.42 Å². The lowest BCUT2D eigenvalue weighted by Gasteiger charge is -2.63. The molecule has 4 fully saturated rings. The molecule has 0 amide bonds. The van der Waals surface area contributed by atoms with E-state index in [1.807, 2.05) is 13.8 Å². The van der Waals surface area contributed by atoms with Crippen molar-refractivity contribution >= 4 is 16.0 Å². The van der Waals surface area contributed by atoms with Crippen molar-refractivity contribution < 1.29 is 17.9 Å². The first-order valence-electron chi connectivity index (χ1n) is 11.6. The number of nitrogens with one attached hydrogen (secondary N) is 1. The number of nitrogens with zero attached hydrogens (tertiary/aromatic N) is 3. The maximum absolute atomic E-state index is 12.6. The zero-order chi connectivity index (χ0) is 21.4. The number of ether oxygens (including phenoxy) is 2. The zero-order valence-electron chi connectivity index (χ0n) is 18.7. The van der Waals surface area contributed by atoms with Crippen molar-refractivity contribution in [1.29, 1.82) is 0 Å². The SMILES string of the molecule is CCN=C(NC1C2CCOC2C12CCC2)N1CCN(S(=O)(=O)CCOC(C)C)CC1. The van der Waals surface area contributed by atoms with Gasteiger partial charge < -0.3 is 19.7 Å². The van der Waals surface area contributed by atoms with Crippen molar-refractivity contribution in [2.24, 2.45) is 16.3 Å². The van der Waals surface area contributed by atoms with Gasteiger partial charge in [0.2, 0.25) is 10.0 Å². The molecule has 4 rings (SSSR count). The second-order valence-corrected chi connectivity index (χ2v) is 11.5. The molecule has 0 aromatic carbocycles. The van der Waals surface area contributed by atoms with Crippen LogP contribution in [0, 0.1) is 11.3 Å². The molecule has 172 valence electrons. The topological polar surface area (TPSA) is 83.5 Å². The van der Waals surface area contributed by atoms with Crippen LogP contribution >= 0.6 is 0 Å². The summed E-state index contributed by atoms with van der Waals surface area (Å²) in [6, 6.07) is 0.444. The average molecular weight is 443 g/mol. The Bertz CT molecular complexity index is 729. The van der Waals surface area contributed by atoms with Crippen LogP contribution in [-0.4, -0.2) is 93.5 Å². The monoisotopic (exact) mass is 442 g/mol. The van der Waals surface area contributed by atoms with E-state index in [-0.39, 0.29) is 18.5 Å². The van der Waals surface area contributed by atoms with Gasteiger partial charge in [0, 0.05) is 56.7 Å². The Balaban J connectivity index is 1.34. The van der Waals surface area contributed by atoms with E-state index < -0.39 is 10.0 Å². The van der Waals surface area contributed by atoms with Crippen LogP contribution in [0.1, 0.15) is 46.5 Å². The second-order valence-electron chi connectivity index (χ2n) is 9.37. The molecule has 2 aliphatic heterocycles. The summed E-state index contributed by atoms with van der Waals surface area (Å²) in [6.45, 7) is 10.1. The third kappa shape index (κ3) is 4.10. The highest BCUT2D eigenvalue weighted by atomic mass is 32.2. The third-order valence-corrected chi connectivity index (χ3v) is 9.19. The number of fused-ring (bicyclic) bond motifs is 2. The van der Waals surface area contributed by atoms with Crippen LogP contribution in [0.3, 0.4) is 0 Å². The first-order valence-corrected chi connectivity index (χ1v) is 13.3. The summed E-state index contributed by atoms with van der Waals surface area (Å²) in [4.78, 5) is 7.00. The Kier molecular flexibility index (Phi) is 6.63. The first-order chi connectivity index (χ1) is 14.4. The molecule has 3 atom stereocenters. The van der Waals surface area contributed by atoms with Crippen molar-refractivity contribution in [1.82, 2.24) is 14.5 Å². The van der Waals surface area contributed by atoms with Gasteiger partial charge in [-0.15, -0.1) is 0 Å². The lowest BCUT2D eigenvalue weighted by atomic mass is 9.46. The van der Waals surface area contributed by atoms with E-state index in [2.05, 4.69) is 17.1 Å². The standard InChI is InChI=1S/C21H38N4O4S/c1-4-22-20(23-18-17-6-13-29-19(17)21(18)7-5-8-21)24-9-11-25(12-10-24)30(26,27)15-14-28-16(2)3/h16-19H,4-15H2,1-3H3,(H,22,23). The van der Waals surface area contributed by atoms with Gasteiger partial charge in [-0.2, -0.15) is 4.31 Å². The average Bonchev–Trinajstić information content (AvgIpc) is 3.08. The molecule has 0 bridgehead atoms. The Morgan fingerprint density at radius 3 is 2.60 bits per heavy atom. The highest BCUT2D eigenvalue weighted by molar-refractivity contribution is 7.89. The minimum atomic E-state index is -3.28. The number of sulfonamides is 1. The van der Waals surface area contributed by atoms with Gasteiger partial charge in [-0.25, -0.2) is 8.42 Å². The van der Waals surface area contributed by atoms with Crippen LogP contribution in [0.15, 0.2) is 4.99 Å². The highest BCUT2D eigenvalue weighted by Crippen LogP contribution is 2.62. The summed E-state index contributed by atoms with van der Waals surface area (Å²) in [7, 11) is -3.28. The fourth-order valence-electron chi connectivity index (χ4n) is 5.68. The molecule has 1 N–H and O–H groups in total. The molecule has 2 saturated carbocycles. The summed E-state index contributed by atoms with van der Waals surface area (Å²) in [5.41, 5.74) is 0.303. The highest BCUT2D eigenvalue weighted by Gasteiger charge is 2.66. The van der Waals surface area contributed by atoms with Crippen molar-refractivity contribution in [2.45, 2.75) is 64.7 Å². The summed E-state index contributed by atoms with van der Waals surface area (Å²) in [6.07, 6.45) is 5.40. The molecule has 3 unspecified atom stereocenters. The molecule has 30 heavy (non-hydrogen) atoms. The van der Waals surface area contributed by atoms with Crippen molar-refractivity contribution in [2.75, 3.05) is 51.7 Å². The van der Waals surface area contributed by atoms with Gasteiger partial charge in [0.05, 0.1) is 24.6 Å². The van der Waals surface area contributed by atoms with Gasteiger partial charge >= 0.3 is 0 Å². The van der Waals surface area contributed by atoms with Crippen molar-refractivity contribution in [3.63, 3.8) is 0 Å². The molecule has 8 nitrogen and oxygen atoms in total. The second kappa shape index (κ2) is 8.92. The number of hydrogen-bond donors (Lipinski definition) is 1. The van der Waals surface area contributed by atoms with Crippen molar-refractivity contribution in [3.8, 4) is 0 Å². The molecule has 1 spiro atoms. The largest absolute Gasteiger partial charge is 0.378 e. The van der Waals surface area contributed by atoms with Crippen LogP contribution < -0.4 is 5.32 Å². The minimum Gasteiger partial charge on any atom is -0.378 e. The smallest absolute Gasteiger partial charge is 0.216 e. The van der Waals surface area contributed by atoms with Crippen LogP contribution in [0.2, 0.25) is 0 Å². The van der Waals surface area contributed by atoms with Gasteiger partial charge in [-0.05, 0) is 40.0 Å².